The van der Waals surface area contributed by atoms with Gasteiger partial charge in [0.25, 0.3) is 0 Å². The maximum atomic E-state index is 2.46. The molecule has 0 unspecified atom stereocenters. The van der Waals surface area contributed by atoms with E-state index in [1.165, 1.54) is 81.1 Å². The van der Waals surface area contributed by atoms with Gasteiger partial charge in [0, 0.05) is 31.4 Å². The Balaban J connectivity index is 1.10. The highest BCUT2D eigenvalue weighted by Crippen LogP contribution is 2.47. The minimum atomic E-state index is 1.11. The third-order valence-corrected chi connectivity index (χ3v) is 11.6. The SMILES string of the molecule is c1ccc(-c2ccc(-c3ccccc3N(c3ccc(-c4ccc5c(-c6ccccc6)cccc5c4)cc3)c3cccc4sc5ccccc5c34)cc2)cc1. The normalized spacial score (nSPS) is 11.3. The van der Waals surface area contributed by atoms with Gasteiger partial charge in [0.15, 0.2) is 0 Å². The summed E-state index contributed by atoms with van der Waals surface area (Å²) in [5.41, 5.74) is 13.1. The molecule has 1 heterocycles. The molecule has 0 saturated carbocycles. The number of rotatable bonds is 7. The molecular weight excluding hydrogens is 671 g/mol. The van der Waals surface area contributed by atoms with Crippen LogP contribution in [0.5, 0.6) is 0 Å². The third-order valence-electron chi connectivity index (χ3n) is 10.5. The van der Waals surface area contributed by atoms with Crippen LogP contribution in [0.4, 0.5) is 17.1 Å². The van der Waals surface area contributed by atoms with E-state index in [2.05, 4.69) is 217 Å². The summed E-state index contributed by atoms with van der Waals surface area (Å²) in [6.45, 7) is 0. The Kier molecular flexibility index (Phi) is 8.09. The minimum absolute atomic E-state index is 1.11. The molecule has 0 atom stereocenters. The number of hydrogen-bond acceptors (Lipinski definition) is 2. The standard InChI is InChI=1S/C52H35NS/c1-3-13-36(14-4-1)37-25-27-40(28-26-37)46-18-7-9-21-48(46)53(49-22-12-24-51-52(49)47-19-8-10-23-50(47)54-51)43-32-29-38(30-33-43)41-31-34-45-42(35-41)17-11-20-44(45)39-15-5-2-6-16-39/h1-35H. The third kappa shape index (κ3) is 5.74. The van der Waals surface area contributed by atoms with Crippen LogP contribution >= 0.6 is 11.3 Å². The molecule has 1 aromatic heterocycles. The molecule has 0 radical (unpaired) electrons. The van der Waals surface area contributed by atoms with E-state index in [1.54, 1.807) is 0 Å². The second-order valence-electron chi connectivity index (χ2n) is 13.7. The van der Waals surface area contributed by atoms with Crippen molar-refractivity contribution >= 4 is 59.3 Å². The fourth-order valence-electron chi connectivity index (χ4n) is 7.87. The van der Waals surface area contributed by atoms with E-state index < -0.39 is 0 Å². The molecule has 0 spiro atoms. The van der Waals surface area contributed by atoms with Crippen LogP contribution in [0.15, 0.2) is 212 Å². The van der Waals surface area contributed by atoms with Gasteiger partial charge in [-0.1, -0.05) is 170 Å². The number of fused-ring (bicyclic) bond motifs is 4. The summed E-state index contributed by atoms with van der Waals surface area (Å²) >= 11 is 1.86. The molecular formula is C52H35NS. The molecule has 0 aliphatic rings. The lowest BCUT2D eigenvalue weighted by Crippen LogP contribution is -2.11. The first kappa shape index (κ1) is 32.0. The van der Waals surface area contributed by atoms with Crippen LogP contribution in [-0.2, 0) is 0 Å². The van der Waals surface area contributed by atoms with Crippen molar-refractivity contribution in [2.75, 3.05) is 4.90 Å². The van der Waals surface area contributed by atoms with Crippen molar-refractivity contribution < 1.29 is 0 Å². The van der Waals surface area contributed by atoms with Crippen molar-refractivity contribution in [1.29, 1.82) is 0 Å². The van der Waals surface area contributed by atoms with Gasteiger partial charge in [-0.2, -0.15) is 0 Å². The van der Waals surface area contributed by atoms with Gasteiger partial charge < -0.3 is 4.90 Å². The van der Waals surface area contributed by atoms with Gasteiger partial charge >= 0.3 is 0 Å². The Labute approximate surface area is 319 Å². The highest BCUT2D eigenvalue weighted by atomic mass is 32.1. The Morgan fingerprint density at radius 3 is 1.67 bits per heavy atom. The molecule has 0 aliphatic carbocycles. The van der Waals surface area contributed by atoms with Gasteiger partial charge in [-0.3, -0.25) is 0 Å². The fourth-order valence-corrected chi connectivity index (χ4v) is 9.00. The van der Waals surface area contributed by atoms with E-state index >= 15 is 0 Å². The maximum absolute atomic E-state index is 2.46. The molecule has 1 nitrogen and oxygen atoms in total. The predicted molar refractivity (Wildman–Crippen MR) is 233 cm³/mol. The van der Waals surface area contributed by atoms with Crippen LogP contribution < -0.4 is 4.90 Å². The molecule has 54 heavy (non-hydrogen) atoms. The van der Waals surface area contributed by atoms with E-state index in [4.69, 9.17) is 0 Å². The molecule has 0 bridgehead atoms. The van der Waals surface area contributed by atoms with Crippen LogP contribution in [0.25, 0.3) is 75.5 Å². The molecule has 0 aliphatic heterocycles. The quantitative estimate of drug-likeness (QED) is 0.160. The molecule has 10 rings (SSSR count). The number of benzene rings is 9. The van der Waals surface area contributed by atoms with Crippen molar-refractivity contribution in [2.24, 2.45) is 0 Å². The minimum Gasteiger partial charge on any atom is -0.309 e. The van der Waals surface area contributed by atoms with Crippen molar-refractivity contribution in [2.45, 2.75) is 0 Å². The first-order chi connectivity index (χ1) is 26.8. The van der Waals surface area contributed by atoms with Crippen molar-refractivity contribution in [3.05, 3.63) is 212 Å². The zero-order valence-corrected chi connectivity index (χ0v) is 30.4. The van der Waals surface area contributed by atoms with Crippen LogP contribution in [0, 0.1) is 0 Å². The largest absolute Gasteiger partial charge is 0.309 e. The number of thiophene rings is 1. The Morgan fingerprint density at radius 2 is 0.852 bits per heavy atom. The van der Waals surface area contributed by atoms with Crippen LogP contribution in [0.2, 0.25) is 0 Å². The Hall–Kier alpha value is -6.74. The number of anilines is 3. The summed E-state index contributed by atoms with van der Waals surface area (Å²) in [6.07, 6.45) is 0. The second kappa shape index (κ2) is 13.7. The van der Waals surface area contributed by atoms with Gasteiger partial charge in [0.05, 0.1) is 11.4 Å². The lowest BCUT2D eigenvalue weighted by atomic mass is 9.95. The number of para-hydroxylation sites is 1. The lowest BCUT2D eigenvalue weighted by Gasteiger charge is -2.29. The lowest BCUT2D eigenvalue weighted by molar-refractivity contribution is 1.30. The van der Waals surface area contributed by atoms with Gasteiger partial charge in [0.1, 0.15) is 0 Å². The van der Waals surface area contributed by atoms with Gasteiger partial charge in [0.2, 0.25) is 0 Å². The van der Waals surface area contributed by atoms with Gasteiger partial charge in [-0.05, 0) is 92.2 Å². The highest BCUT2D eigenvalue weighted by Gasteiger charge is 2.21. The summed E-state index contributed by atoms with van der Waals surface area (Å²) in [4.78, 5) is 2.46. The molecule has 9 aromatic carbocycles. The van der Waals surface area contributed by atoms with Crippen molar-refractivity contribution in [1.82, 2.24) is 0 Å². The highest BCUT2D eigenvalue weighted by molar-refractivity contribution is 7.26. The topological polar surface area (TPSA) is 3.24 Å². The summed E-state index contributed by atoms with van der Waals surface area (Å²) in [7, 11) is 0. The first-order valence-corrected chi connectivity index (χ1v) is 19.2. The summed E-state index contributed by atoms with van der Waals surface area (Å²) in [5.74, 6) is 0. The summed E-state index contributed by atoms with van der Waals surface area (Å²) < 4.78 is 2.58. The van der Waals surface area contributed by atoms with E-state index in [1.807, 2.05) is 11.3 Å². The Bertz CT molecular complexity index is 2910. The van der Waals surface area contributed by atoms with Crippen LogP contribution in [-0.4, -0.2) is 0 Å². The van der Waals surface area contributed by atoms with Crippen LogP contribution in [0.1, 0.15) is 0 Å². The molecule has 10 aromatic rings. The van der Waals surface area contributed by atoms with Gasteiger partial charge in [-0.25, -0.2) is 0 Å². The zero-order valence-electron chi connectivity index (χ0n) is 29.6. The smallest absolute Gasteiger partial charge is 0.0555 e. The average molecular weight is 706 g/mol. The maximum Gasteiger partial charge on any atom is 0.0555 e. The summed E-state index contributed by atoms with van der Waals surface area (Å²) in [5, 5.41) is 5.06. The molecule has 0 amide bonds. The van der Waals surface area contributed by atoms with E-state index in [-0.39, 0.29) is 0 Å². The van der Waals surface area contributed by atoms with E-state index in [0.717, 1.165) is 11.4 Å². The molecule has 254 valence electrons. The number of nitrogens with zero attached hydrogens (tertiary/aromatic N) is 1. The molecule has 0 saturated heterocycles. The van der Waals surface area contributed by atoms with Gasteiger partial charge in [-0.15, -0.1) is 11.3 Å². The van der Waals surface area contributed by atoms with Crippen molar-refractivity contribution in [3.63, 3.8) is 0 Å². The molecule has 0 fully saturated rings. The monoisotopic (exact) mass is 705 g/mol. The summed E-state index contributed by atoms with van der Waals surface area (Å²) in [6, 6.07) is 77.1. The zero-order chi connectivity index (χ0) is 35.8. The predicted octanol–water partition coefficient (Wildman–Crippen LogP) is 15.3. The Morgan fingerprint density at radius 1 is 0.315 bits per heavy atom. The average Bonchev–Trinajstić information content (AvgIpc) is 3.64. The van der Waals surface area contributed by atoms with Crippen molar-refractivity contribution in [3.8, 4) is 44.5 Å². The first-order valence-electron chi connectivity index (χ1n) is 18.4. The van der Waals surface area contributed by atoms with E-state index in [9.17, 15) is 0 Å². The van der Waals surface area contributed by atoms with Crippen LogP contribution in [0.3, 0.4) is 0 Å². The van der Waals surface area contributed by atoms with E-state index in [0.29, 0.717) is 0 Å². The second-order valence-corrected chi connectivity index (χ2v) is 14.8. The fraction of sp³-hybridized carbons (Fsp3) is 0. The number of hydrogen-bond donors (Lipinski definition) is 0. The molecule has 2 heteroatoms. The molecule has 0 N–H and O–H groups in total.